The Kier molecular flexibility index (Phi) is 3.83. The minimum absolute atomic E-state index is 0.164. The van der Waals surface area contributed by atoms with E-state index in [-0.39, 0.29) is 31.0 Å². The van der Waals surface area contributed by atoms with E-state index in [9.17, 15) is 14.4 Å². The van der Waals surface area contributed by atoms with Crippen molar-refractivity contribution >= 4 is 17.9 Å². The summed E-state index contributed by atoms with van der Waals surface area (Å²) in [4.78, 5) is 38.0. The van der Waals surface area contributed by atoms with Gasteiger partial charge in [0, 0.05) is 6.54 Å². The normalized spacial score (nSPS) is 26.1. The van der Waals surface area contributed by atoms with Gasteiger partial charge in [-0.15, -0.1) is 0 Å². The summed E-state index contributed by atoms with van der Waals surface area (Å²) in [5.41, 5.74) is 0.213. The maximum atomic E-state index is 12.9. The Balaban J connectivity index is 1.80. The summed E-state index contributed by atoms with van der Waals surface area (Å²) in [5, 5.41) is 2.71. The highest BCUT2D eigenvalue weighted by molar-refractivity contribution is 6.00. The summed E-state index contributed by atoms with van der Waals surface area (Å²) in [6, 6.07) is 9.33. The summed E-state index contributed by atoms with van der Waals surface area (Å²) in [6.07, 6.45) is -0.0709. The van der Waals surface area contributed by atoms with Crippen LogP contribution in [0.15, 0.2) is 30.3 Å². The first-order chi connectivity index (χ1) is 10.9. The first kappa shape index (κ1) is 15.5. The predicted octanol–water partition coefficient (Wildman–Crippen LogP) is 1.35. The Morgan fingerprint density at radius 3 is 2.61 bits per heavy atom. The van der Waals surface area contributed by atoms with Crippen LogP contribution in [-0.4, -0.2) is 42.0 Å². The molecule has 1 aromatic carbocycles. The van der Waals surface area contributed by atoms with Crippen LogP contribution in [0.4, 0.5) is 4.79 Å². The van der Waals surface area contributed by atoms with Crippen molar-refractivity contribution in [1.82, 2.24) is 10.2 Å². The van der Waals surface area contributed by atoms with Crippen molar-refractivity contribution in [2.24, 2.45) is 11.3 Å². The largest absolute Gasteiger partial charge is 0.447 e. The molecule has 2 aliphatic rings. The Hall–Kier alpha value is -2.37. The van der Waals surface area contributed by atoms with Crippen LogP contribution < -0.4 is 5.32 Å². The van der Waals surface area contributed by atoms with Gasteiger partial charge < -0.3 is 10.1 Å². The van der Waals surface area contributed by atoms with Gasteiger partial charge in [0.1, 0.15) is 6.61 Å². The molecule has 0 spiro atoms. The highest BCUT2D eigenvalue weighted by Crippen LogP contribution is 2.34. The number of carbonyl (C=O) groups excluding carboxylic acids is 3. The smallest absolute Gasteiger partial charge is 0.416 e. The fourth-order valence-electron chi connectivity index (χ4n) is 3.17. The minimum atomic E-state index is -0.822. The third-order valence-corrected chi connectivity index (χ3v) is 4.73. The molecule has 2 fully saturated rings. The number of hydrogen-bond donors (Lipinski definition) is 1. The van der Waals surface area contributed by atoms with E-state index >= 15 is 0 Å². The van der Waals surface area contributed by atoms with Gasteiger partial charge in [0.25, 0.3) is 0 Å². The lowest BCUT2D eigenvalue weighted by Crippen LogP contribution is -2.47. The van der Waals surface area contributed by atoms with E-state index in [1.54, 1.807) is 13.8 Å². The Morgan fingerprint density at radius 2 is 2.00 bits per heavy atom. The van der Waals surface area contributed by atoms with Crippen LogP contribution in [0.5, 0.6) is 0 Å². The molecule has 122 valence electrons. The lowest BCUT2D eigenvalue weighted by atomic mass is 9.80. The number of imide groups is 1. The molecule has 23 heavy (non-hydrogen) atoms. The molecule has 6 heteroatoms. The predicted molar refractivity (Wildman–Crippen MR) is 82.4 cm³/mol. The zero-order valence-corrected chi connectivity index (χ0v) is 13.2. The van der Waals surface area contributed by atoms with Crippen LogP contribution in [0.1, 0.15) is 19.4 Å². The summed E-state index contributed by atoms with van der Waals surface area (Å²) in [7, 11) is 0. The lowest BCUT2D eigenvalue weighted by Gasteiger charge is -2.28. The third-order valence-electron chi connectivity index (χ3n) is 4.73. The van der Waals surface area contributed by atoms with Gasteiger partial charge in [-0.1, -0.05) is 44.2 Å². The van der Waals surface area contributed by atoms with Crippen LogP contribution >= 0.6 is 0 Å². The number of amides is 3. The molecule has 0 aromatic heterocycles. The summed E-state index contributed by atoms with van der Waals surface area (Å²) in [5.74, 6) is -1.06. The van der Waals surface area contributed by atoms with Crippen molar-refractivity contribution in [3.63, 3.8) is 0 Å². The number of hydrogen-bond acceptors (Lipinski definition) is 4. The van der Waals surface area contributed by atoms with Gasteiger partial charge >= 0.3 is 6.09 Å². The summed E-state index contributed by atoms with van der Waals surface area (Å²) >= 11 is 0. The average molecular weight is 316 g/mol. The molecule has 1 aromatic rings. The van der Waals surface area contributed by atoms with Crippen molar-refractivity contribution in [3.05, 3.63) is 35.9 Å². The Morgan fingerprint density at radius 1 is 1.30 bits per heavy atom. The topological polar surface area (TPSA) is 75.7 Å². The van der Waals surface area contributed by atoms with Gasteiger partial charge in [-0.05, 0) is 12.0 Å². The van der Waals surface area contributed by atoms with Crippen LogP contribution in [0.25, 0.3) is 0 Å². The number of nitrogens with one attached hydrogen (secondary N) is 1. The molecule has 0 bridgehead atoms. The second-order valence-corrected chi connectivity index (χ2v) is 6.61. The van der Waals surface area contributed by atoms with Crippen molar-refractivity contribution in [2.75, 3.05) is 13.2 Å². The van der Waals surface area contributed by atoms with E-state index in [2.05, 4.69) is 5.32 Å². The molecule has 1 N–H and O–H groups in total. The quantitative estimate of drug-likeness (QED) is 0.913. The van der Waals surface area contributed by atoms with Gasteiger partial charge in [-0.25, -0.2) is 9.69 Å². The zero-order chi connectivity index (χ0) is 16.6. The number of cyclic esters (lactones) is 1. The first-order valence-electron chi connectivity index (χ1n) is 7.73. The van der Waals surface area contributed by atoms with E-state index < -0.39 is 17.4 Å². The Bertz CT molecular complexity index is 641. The van der Waals surface area contributed by atoms with Crippen molar-refractivity contribution in [3.8, 4) is 0 Å². The van der Waals surface area contributed by atoms with Crippen molar-refractivity contribution < 1.29 is 19.1 Å². The van der Waals surface area contributed by atoms with E-state index in [4.69, 9.17) is 4.74 Å². The molecule has 0 radical (unpaired) electrons. The highest BCUT2D eigenvalue weighted by atomic mass is 16.6. The third kappa shape index (κ3) is 2.69. The number of nitrogens with zero attached hydrogens (tertiary/aromatic N) is 1. The number of benzene rings is 1. The lowest BCUT2D eigenvalue weighted by molar-refractivity contribution is -0.139. The van der Waals surface area contributed by atoms with Crippen molar-refractivity contribution in [1.29, 1.82) is 0 Å². The van der Waals surface area contributed by atoms with Gasteiger partial charge in [0.15, 0.2) is 0 Å². The highest BCUT2D eigenvalue weighted by Gasteiger charge is 2.51. The number of ether oxygens (including phenoxy) is 1. The number of rotatable bonds is 3. The molecule has 3 amide bonds. The average Bonchev–Trinajstić information content (AvgIpc) is 3.00. The number of carbonyl (C=O) groups is 3. The maximum absolute atomic E-state index is 12.9. The second-order valence-electron chi connectivity index (χ2n) is 6.61. The summed E-state index contributed by atoms with van der Waals surface area (Å²) in [6.45, 7) is 3.90. The molecule has 1 unspecified atom stereocenters. The molecule has 3 rings (SSSR count). The van der Waals surface area contributed by atoms with Gasteiger partial charge in [-0.2, -0.15) is 0 Å². The van der Waals surface area contributed by atoms with Crippen LogP contribution in [0, 0.1) is 11.3 Å². The van der Waals surface area contributed by atoms with Crippen molar-refractivity contribution in [2.45, 2.75) is 26.3 Å². The van der Waals surface area contributed by atoms with Crippen LogP contribution in [0.2, 0.25) is 0 Å². The fourth-order valence-corrected chi connectivity index (χ4v) is 3.17. The van der Waals surface area contributed by atoms with Gasteiger partial charge in [0.2, 0.25) is 11.8 Å². The molecule has 2 aliphatic heterocycles. The minimum Gasteiger partial charge on any atom is -0.447 e. The molecule has 2 heterocycles. The van der Waals surface area contributed by atoms with Gasteiger partial charge in [0.05, 0.1) is 17.4 Å². The van der Waals surface area contributed by atoms with E-state index in [0.29, 0.717) is 6.42 Å². The van der Waals surface area contributed by atoms with E-state index in [1.165, 1.54) is 4.90 Å². The monoisotopic (exact) mass is 316 g/mol. The zero-order valence-electron chi connectivity index (χ0n) is 13.2. The van der Waals surface area contributed by atoms with Crippen LogP contribution in [0.3, 0.4) is 0 Å². The molecule has 6 nitrogen and oxygen atoms in total. The fraction of sp³-hybridized carbons (Fsp3) is 0.471. The first-order valence-corrected chi connectivity index (χ1v) is 7.73. The Labute approximate surface area is 134 Å². The summed E-state index contributed by atoms with van der Waals surface area (Å²) < 4.78 is 5.09. The van der Waals surface area contributed by atoms with Gasteiger partial charge in [-0.3, -0.25) is 9.59 Å². The SMILES string of the molecule is CC1(C)C(=O)NCC1C(=O)N1C(=O)OC[C@H]1Cc1ccccc1. The second kappa shape index (κ2) is 5.68. The molecular formula is C17H20N2O4. The molecular weight excluding hydrogens is 296 g/mol. The molecule has 0 aliphatic carbocycles. The molecule has 2 atom stereocenters. The van der Waals surface area contributed by atoms with Crippen LogP contribution in [-0.2, 0) is 20.7 Å². The van der Waals surface area contributed by atoms with E-state index in [1.807, 2.05) is 30.3 Å². The van der Waals surface area contributed by atoms with E-state index in [0.717, 1.165) is 5.56 Å². The standard InChI is InChI=1S/C17H20N2O4/c1-17(2)13(9-18-15(17)21)14(20)19-12(10-23-16(19)22)8-11-6-4-3-5-7-11/h3-7,12-13H,8-10H2,1-2H3,(H,18,21)/t12-,13?/m1/s1. The molecule has 0 saturated carbocycles. The molecule has 2 saturated heterocycles. The maximum Gasteiger partial charge on any atom is 0.416 e.